The van der Waals surface area contributed by atoms with Gasteiger partial charge in [-0.1, -0.05) is 23.7 Å². The zero-order valence-corrected chi connectivity index (χ0v) is 12.5. The molecule has 21 heavy (non-hydrogen) atoms. The quantitative estimate of drug-likeness (QED) is 0.938. The van der Waals surface area contributed by atoms with Gasteiger partial charge in [-0.2, -0.15) is 0 Å². The molecule has 0 amide bonds. The van der Waals surface area contributed by atoms with E-state index in [0.29, 0.717) is 41.2 Å². The normalized spacial score (nSPS) is 15.6. The van der Waals surface area contributed by atoms with Gasteiger partial charge in [-0.05, 0) is 18.6 Å². The van der Waals surface area contributed by atoms with Gasteiger partial charge in [-0.3, -0.25) is 0 Å². The van der Waals surface area contributed by atoms with E-state index in [9.17, 15) is 0 Å². The first-order valence-corrected chi connectivity index (χ1v) is 7.38. The molecule has 0 saturated carbocycles. The third-order valence-electron chi connectivity index (χ3n) is 3.43. The van der Waals surface area contributed by atoms with Gasteiger partial charge in [0, 0.05) is 18.1 Å². The summed E-state index contributed by atoms with van der Waals surface area (Å²) in [6, 6.07) is 5.35. The van der Waals surface area contributed by atoms with Crippen molar-refractivity contribution in [2.75, 3.05) is 13.2 Å². The molecule has 1 aromatic heterocycles. The number of halogens is 1. The van der Waals surface area contributed by atoms with Crippen LogP contribution in [0.4, 0.5) is 0 Å². The first-order chi connectivity index (χ1) is 10.2. The Morgan fingerprint density at radius 1 is 1.29 bits per heavy atom. The number of rotatable bonds is 3. The first-order valence-electron chi connectivity index (χ1n) is 7.00. The van der Waals surface area contributed by atoms with E-state index < -0.39 is 0 Å². The molecule has 1 atom stereocenters. The van der Waals surface area contributed by atoms with Crippen LogP contribution in [0.2, 0.25) is 5.02 Å². The predicted molar refractivity (Wildman–Crippen MR) is 79.8 cm³/mol. The molecule has 2 aromatic rings. The second-order valence-corrected chi connectivity index (χ2v) is 5.37. The highest BCUT2D eigenvalue weighted by atomic mass is 35.5. The van der Waals surface area contributed by atoms with Crippen LogP contribution < -0.4 is 15.2 Å². The van der Waals surface area contributed by atoms with E-state index in [1.54, 1.807) is 6.07 Å². The van der Waals surface area contributed by atoms with E-state index in [1.807, 2.05) is 19.1 Å². The fourth-order valence-corrected chi connectivity index (χ4v) is 2.45. The number of hydrogen-bond donors (Lipinski definition) is 1. The Hall–Kier alpha value is -1.72. The van der Waals surface area contributed by atoms with Crippen LogP contribution in [0.3, 0.4) is 0 Å². The molecule has 0 bridgehead atoms. The summed E-state index contributed by atoms with van der Waals surface area (Å²) >= 11 is 6.28. The topological polar surface area (TPSA) is 70.5 Å². The number of benzene rings is 1. The Balaban J connectivity index is 1.97. The SMILES string of the molecule is CCC(N)c1cc(-c2cc(Cl)c3c(c2)OCCCO3)no1. The van der Waals surface area contributed by atoms with Crippen molar-refractivity contribution in [1.82, 2.24) is 5.16 Å². The molecule has 0 fully saturated rings. The lowest BCUT2D eigenvalue weighted by Gasteiger charge is -2.10. The number of nitrogens with zero attached hydrogens (tertiary/aromatic N) is 1. The molecule has 0 radical (unpaired) electrons. The Morgan fingerprint density at radius 2 is 2.10 bits per heavy atom. The molecule has 1 aliphatic rings. The summed E-state index contributed by atoms with van der Waals surface area (Å²) in [4.78, 5) is 0. The molecule has 1 aliphatic heterocycles. The molecule has 5 nitrogen and oxygen atoms in total. The monoisotopic (exact) mass is 308 g/mol. The standard InChI is InChI=1S/C15H17ClN2O3/c1-2-11(17)13-8-12(18-21-13)9-6-10(16)15-14(7-9)19-4-3-5-20-15/h6-8,11H,2-5,17H2,1H3. The Morgan fingerprint density at radius 3 is 2.90 bits per heavy atom. The van der Waals surface area contributed by atoms with Gasteiger partial charge >= 0.3 is 0 Å². The summed E-state index contributed by atoms with van der Waals surface area (Å²) in [6.45, 7) is 3.21. The smallest absolute Gasteiger partial charge is 0.179 e. The third kappa shape index (κ3) is 2.84. The zero-order chi connectivity index (χ0) is 14.8. The maximum atomic E-state index is 6.28. The van der Waals surface area contributed by atoms with Crippen molar-refractivity contribution < 1.29 is 14.0 Å². The van der Waals surface area contributed by atoms with Gasteiger partial charge in [0.15, 0.2) is 17.3 Å². The lowest BCUT2D eigenvalue weighted by molar-refractivity contribution is 0.297. The van der Waals surface area contributed by atoms with Gasteiger partial charge in [0.1, 0.15) is 5.69 Å². The van der Waals surface area contributed by atoms with Crippen molar-refractivity contribution in [1.29, 1.82) is 0 Å². The summed E-state index contributed by atoms with van der Waals surface area (Å²) in [5.41, 5.74) is 7.45. The molecule has 2 heterocycles. The van der Waals surface area contributed by atoms with Crippen molar-refractivity contribution >= 4 is 11.6 Å². The largest absolute Gasteiger partial charge is 0.489 e. The highest BCUT2D eigenvalue weighted by Crippen LogP contribution is 2.40. The number of aromatic nitrogens is 1. The van der Waals surface area contributed by atoms with E-state index >= 15 is 0 Å². The van der Waals surface area contributed by atoms with Crippen LogP contribution >= 0.6 is 11.6 Å². The fourth-order valence-electron chi connectivity index (χ4n) is 2.18. The van der Waals surface area contributed by atoms with E-state index in [1.165, 1.54) is 0 Å². The Labute approximate surface area is 128 Å². The van der Waals surface area contributed by atoms with Crippen LogP contribution in [-0.2, 0) is 0 Å². The first kappa shape index (κ1) is 14.2. The van der Waals surface area contributed by atoms with Crippen molar-refractivity contribution in [3.63, 3.8) is 0 Å². The van der Waals surface area contributed by atoms with E-state index in [-0.39, 0.29) is 6.04 Å². The molecule has 2 N–H and O–H groups in total. The maximum absolute atomic E-state index is 6.28. The Bertz CT molecular complexity index is 642. The summed E-state index contributed by atoms with van der Waals surface area (Å²) in [7, 11) is 0. The lowest BCUT2D eigenvalue weighted by Crippen LogP contribution is -2.06. The second-order valence-electron chi connectivity index (χ2n) is 4.97. The van der Waals surface area contributed by atoms with E-state index in [4.69, 9.17) is 31.3 Å². The van der Waals surface area contributed by atoms with Crippen LogP contribution in [0.1, 0.15) is 31.6 Å². The maximum Gasteiger partial charge on any atom is 0.179 e. The van der Waals surface area contributed by atoms with Crippen molar-refractivity contribution in [2.24, 2.45) is 5.73 Å². The van der Waals surface area contributed by atoms with E-state index in [2.05, 4.69) is 5.16 Å². The molecular weight excluding hydrogens is 292 g/mol. The van der Waals surface area contributed by atoms with Crippen LogP contribution in [-0.4, -0.2) is 18.4 Å². The summed E-state index contributed by atoms with van der Waals surface area (Å²) in [6.07, 6.45) is 1.62. The average molecular weight is 309 g/mol. The van der Waals surface area contributed by atoms with Gasteiger partial charge < -0.3 is 19.7 Å². The molecule has 112 valence electrons. The minimum Gasteiger partial charge on any atom is -0.489 e. The van der Waals surface area contributed by atoms with E-state index in [0.717, 1.165) is 18.4 Å². The molecule has 6 heteroatoms. The number of hydrogen-bond acceptors (Lipinski definition) is 5. The van der Waals surface area contributed by atoms with Gasteiger partial charge in [-0.15, -0.1) is 0 Å². The van der Waals surface area contributed by atoms with Crippen LogP contribution in [0.5, 0.6) is 11.5 Å². The van der Waals surface area contributed by atoms with Crippen LogP contribution in [0.15, 0.2) is 22.7 Å². The summed E-state index contributed by atoms with van der Waals surface area (Å²) in [5, 5.41) is 4.57. The highest BCUT2D eigenvalue weighted by molar-refractivity contribution is 6.32. The molecule has 0 saturated heterocycles. The fraction of sp³-hybridized carbons (Fsp3) is 0.400. The van der Waals surface area contributed by atoms with Crippen LogP contribution in [0, 0.1) is 0 Å². The van der Waals surface area contributed by atoms with Gasteiger partial charge in [0.2, 0.25) is 0 Å². The molecule has 1 unspecified atom stereocenters. The molecule has 0 spiro atoms. The third-order valence-corrected chi connectivity index (χ3v) is 3.71. The van der Waals surface area contributed by atoms with Crippen LogP contribution in [0.25, 0.3) is 11.3 Å². The number of ether oxygens (including phenoxy) is 2. The molecule has 1 aromatic carbocycles. The van der Waals surface area contributed by atoms with Gasteiger partial charge in [0.25, 0.3) is 0 Å². The molecule has 3 rings (SSSR count). The van der Waals surface area contributed by atoms with Gasteiger partial charge in [0.05, 0.1) is 24.3 Å². The van der Waals surface area contributed by atoms with Crippen molar-refractivity contribution in [2.45, 2.75) is 25.8 Å². The highest BCUT2D eigenvalue weighted by Gasteiger charge is 2.18. The summed E-state index contributed by atoms with van der Waals surface area (Å²) in [5.74, 6) is 1.89. The predicted octanol–water partition coefficient (Wildman–Crippen LogP) is 3.57. The number of nitrogens with two attached hydrogens (primary N) is 1. The zero-order valence-electron chi connectivity index (χ0n) is 11.8. The minimum absolute atomic E-state index is 0.151. The van der Waals surface area contributed by atoms with Crippen molar-refractivity contribution in [3.8, 4) is 22.8 Å². The lowest BCUT2D eigenvalue weighted by atomic mass is 10.1. The average Bonchev–Trinajstić information content (AvgIpc) is 2.86. The molecule has 0 aliphatic carbocycles. The Kier molecular flexibility index (Phi) is 4.03. The van der Waals surface area contributed by atoms with Gasteiger partial charge in [-0.25, -0.2) is 0 Å². The minimum atomic E-state index is -0.151. The number of fused-ring (bicyclic) bond motifs is 1. The molecular formula is C15H17ClN2O3. The van der Waals surface area contributed by atoms with Crippen molar-refractivity contribution in [3.05, 3.63) is 29.0 Å². The second kappa shape index (κ2) is 5.95. The summed E-state index contributed by atoms with van der Waals surface area (Å²) < 4.78 is 16.6.